The van der Waals surface area contributed by atoms with Crippen molar-refractivity contribution in [3.63, 3.8) is 0 Å². The minimum atomic E-state index is 0.528. The molecule has 9 heteroatoms. The monoisotopic (exact) mass is 1370 g/mol. The van der Waals surface area contributed by atoms with E-state index in [0.717, 1.165) is 139 Å². The van der Waals surface area contributed by atoms with E-state index in [1.54, 1.807) is 0 Å². The maximum atomic E-state index is 5.54. The van der Waals surface area contributed by atoms with Crippen LogP contribution in [0.2, 0.25) is 0 Å². The summed E-state index contributed by atoms with van der Waals surface area (Å²) in [6, 6.07) is 130. The van der Waals surface area contributed by atoms with E-state index in [1.165, 1.54) is 42.0 Å². The summed E-state index contributed by atoms with van der Waals surface area (Å²) in [6.45, 7) is 0. The topological polar surface area (TPSA) is 79.2 Å². The lowest BCUT2D eigenvalue weighted by molar-refractivity contribution is 0.953. The first-order chi connectivity index (χ1) is 52.5. The zero-order valence-electron chi connectivity index (χ0n) is 57.1. The second-order valence-corrected chi connectivity index (χ2v) is 28.2. The van der Waals surface area contributed by atoms with Crippen LogP contribution in [-0.4, -0.2) is 38.6 Å². The Balaban J connectivity index is 0.684. The number of para-hydroxylation sites is 3. The number of nitrogens with zero attached hydrogens (tertiary/aromatic N) is 8. The third-order valence-corrected chi connectivity index (χ3v) is 22.2. The van der Waals surface area contributed by atoms with Gasteiger partial charge in [-0.05, 0) is 123 Å². The minimum absolute atomic E-state index is 0.528. The van der Waals surface area contributed by atoms with Crippen molar-refractivity contribution in [3.05, 3.63) is 364 Å². The van der Waals surface area contributed by atoms with Crippen LogP contribution in [-0.2, 0) is 0 Å². The Bertz CT molecular complexity index is 7060. The van der Waals surface area contributed by atoms with Gasteiger partial charge in [0.15, 0.2) is 17.5 Å². The summed E-state index contributed by atoms with van der Waals surface area (Å²) in [7, 11) is 0. The van der Waals surface area contributed by atoms with Crippen molar-refractivity contribution in [1.29, 1.82) is 0 Å². The highest BCUT2D eigenvalue weighted by Crippen LogP contribution is 2.45. The van der Waals surface area contributed by atoms with E-state index in [1.807, 2.05) is 29.5 Å². The molecule has 0 aliphatic rings. The molecule has 0 aliphatic heterocycles. The molecule has 0 atom stereocenters. The molecule has 0 radical (unpaired) electrons. The number of thiophene rings is 1. The normalized spacial score (nSPS) is 11.8. The van der Waals surface area contributed by atoms with Gasteiger partial charge < -0.3 is 9.13 Å². The van der Waals surface area contributed by atoms with Crippen LogP contribution < -0.4 is 0 Å². The lowest BCUT2D eigenvalue weighted by Gasteiger charge is -2.13. The molecule has 21 aromatic rings. The molecule has 106 heavy (non-hydrogen) atoms. The van der Waals surface area contributed by atoms with E-state index >= 15 is 0 Å². The van der Waals surface area contributed by atoms with Gasteiger partial charge in [-0.2, -0.15) is 9.97 Å². The molecule has 0 fully saturated rings. The molecular weight excluding hydrogens is 1310 g/mol. The average molecular weight is 1370 g/mol. The van der Waals surface area contributed by atoms with Crippen molar-refractivity contribution >= 4 is 96.9 Å². The summed E-state index contributed by atoms with van der Waals surface area (Å²) in [4.78, 5) is 27.2. The second-order valence-electron chi connectivity index (χ2n) is 27.1. The predicted octanol–water partition coefficient (Wildman–Crippen LogP) is 25.3. The molecule has 0 aliphatic carbocycles. The zero-order valence-corrected chi connectivity index (χ0v) is 57.9. The van der Waals surface area contributed by atoms with Gasteiger partial charge in [0.2, 0.25) is 5.95 Å². The van der Waals surface area contributed by atoms with Crippen molar-refractivity contribution in [2.45, 2.75) is 0 Å². The Morgan fingerprint density at radius 2 is 0.632 bits per heavy atom. The number of rotatable bonds is 12. The van der Waals surface area contributed by atoms with Crippen molar-refractivity contribution in [1.82, 2.24) is 38.6 Å². The smallest absolute Gasteiger partial charge is 0.238 e. The Morgan fingerprint density at radius 3 is 1.32 bits per heavy atom. The van der Waals surface area contributed by atoms with E-state index in [0.29, 0.717) is 23.4 Å². The van der Waals surface area contributed by atoms with E-state index in [4.69, 9.17) is 24.9 Å². The molecule has 8 nitrogen and oxygen atoms in total. The summed E-state index contributed by atoms with van der Waals surface area (Å²) in [5.41, 5.74) is 24.0. The molecule has 0 saturated heterocycles. The maximum Gasteiger partial charge on any atom is 0.238 e. The molecule has 494 valence electrons. The van der Waals surface area contributed by atoms with E-state index in [-0.39, 0.29) is 0 Å². The lowest BCUT2D eigenvalue weighted by Crippen LogP contribution is -2.06. The Hall–Kier alpha value is -14.0. The third-order valence-electron chi connectivity index (χ3n) is 20.9. The molecule has 6 aromatic heterocycles. The van der Waals surface area contributed by atoms with Crippen LogP contribution in [0.15, 0.2) is 364 Å². The van der Waals surface area contributed by atoms with E-state index in [9.17, 15) is 0 Å². The summed E-state index contributed by atoms with van der Waals surface area (Å²) in [5.74, 6) is 2.32. The summed E-state index contributed by atoms with van der Waals surface area (Å²) >= 11 is 1.81. The number of benzene rings is 15. The van der Waals surface area contributed by atoms with Crippen LogP contribution in [0.1, 0.15) is 0 Å². The van der Waals surface area contributed by atoms with Gasteiger partial charge in [-0.3, -0.25) is 4.57 Å². The number of hydrogen-bond acceptors (Lipinski definition) is 6. The molecule has 0 amide bonds. The largest absolute Gasteiger partial charge is 0.309 e. The fourth-order valence-electron chi connectivity index (χ4n) is 16.0. The highest BCUT2D eigenvalue weighted by molar-refractivity contribution is 7.26. The summed E-state index contributed by atoms with van der Waals surface area (Å²) in [5, 5.41) is 9.42. The lowest BCUT2D eigenvalue weighted by atomic mass is 9.97. The molecule has 0 spiro atoms. The van der Waals surface area contributed by atoms with Crippen molar-refractivity contribution in [2.24, 2.45) is 0 Å². The van der Waals surface area contributed by atoms with Gasteiger partial charge in [0.25, 0.3) is 0 Å². The molecule has 0 N–H and O–H groups in total. The van der Waals surface area contributed by atoms with Crippen molar-refractivity contribution in [3.8, 4) is 119 Å². The molecule has 0 unspecified atom stereocenters. The van der Waals surface area contributed by atoms with Gasteiger partial charge in [0, 0.05) is 91.7 Å². The standard InChI is InChI=1S/C97H60N8S/c1-5-23-61(24-6-1)66-51-54-82-90(59-66)104(73-34-20-31-71(56-73)95-98-83(64-25-7-2-8-26-64)60-84(99-95)81-40-21-39-80-79-37-15-18-44-91(79)106-93(80)81)87-43-22-38-74(92(82)87)69-29-19-30-70(55-69)96-100-94(65-27-9-3-10-28-65)101-97(102-96)105-86-42-17-14-36-76(86)78-53-50-68(58-89(78)105)63-47-45-62(46-48-63)67-49-52-77-75-35-13-16-41-85(75)103(88(77)57-67)72-32-11-4-12-33-72/h1-60H. The quantitative estimate of drug-likeness (QED) is 0.122. The maximum absolute atomic E-state index is 5.54. The van der Waals surface area contributed by atoms with Gasteiger partial charge in [-0.15, -0.1) is 11.3 Å². The molecule has 15 aromatic carbocycles. The van der Waals surface area contributed by atoms with Crippen molar-refractivity contribution in [2.75, 3.05) is 0 Å². The first-order valence-corrected chi connectivity index (χ1v) is 36.6. The van der Waals surface area contributed by atoms with E-state index in [2.05, 4.69) is 359 Å². The van der Waals surface area contributed by atoms with Gasteiger partial charge in [0.05, 0.1) is 44.5 Å². The molecule has 0 bridgehead atoms. The van der Waals surface area contributed by atoms with Gasteiger partial charge in [-0.1, -0.05) is 285 Å². The predicted molar refractivity (Wildman–Crippen MR) is 440 cm³/mol. The number of aromatic nitrogens is 8. The van der Waals surface area contributed by atoms with Crippen LogP contribution in [0.5, 0.6) is 0 Å². The van der Waals surface area contributed by atoms with Crippen molar-refractivity contribution < 1.29 is 0 Å². The van der Waals surface area contributed by atoms with Gasteiger partial charge in [-0.25, -0.2) is 15.0 Å². The average Bonchev–Trinajstić information content (AvgIpc) is 1.58. The van der Waals surface area contributed by atoms with E-state index < -0.39 is 0 Å². The molecule has 0 saturated carbocycles. The first kappa shape index (κ1) is 60.7. The molecule has 6 heterocycles. The Labute approximate surface area is 614 Å². The van der Waals surface area contributed by atoms with Crippen LogP contribution >= 0.6 is 11.3 Å². The Morgan fingerprint density at radius 1 is 0.208 bits per heavy atom. The number of hydrogen-bond donors (Lipinski definition) is 0. The molecular formula is C97H60N8S. The Kier molecular flexibility index (Phi) is 14.3. The second kappa shape index (κ2) is 24.9. The number of fused-ring (bicyclic) bond motifs is 12. The molecule has 21 rings (SSSR count). The highest BCUT2D eigenvalue weighted by Gasteiger charge is 2.24. The van der Waals surface area contributed by atoms with Crippen LogP contribution in [0.4, 0.5) is 0 Å². The zero-order chi connectivity index (χ0) is 69.8. The van der Waals surface area contributed by atoms with Crippen LogP contribution in [0.3, 0.4) is 0 Å². The van der Waals surface area contributed by atoms with Gasteiger partial charge >= 0.3 is 0 Å². The summed E-state index contributed by atoms with van der Waals surface area (Å²) < 4.78 is 9.47. The fraction of sp³-hybridized carbons (Fsp3) is 0. The highest BCUT2D eigenvalue weighted by atomic mass is 32.1. The summed E-state index contributed by atoms with van der Waals surface area (Å²) in [6.07, 6.45) is 0. The van der Waals surface area contributed by atoms with Crippen LogP contribution in [0, 0.1) is 0 Å². The fourth-order valence-corrected chi connectivity index (χ4v) is 17.2. The third kappa shape index (κ3) is 10.2. The first-order valence-electron chi connectivity index (χ1n) is 35.8. The minimum Gasteiger partial charge on any atom is -0.309 e. The van der Waals surface area contributed by atoms with Crippen LogP contribution in [0.25, 0.3) is 204 Å². The van der Waals surface area contributed by atoms with Gasteiger partial charge in [0.1, 0.15) is 0 Å². The SMILES string of the molecule is c1ccc(-c2ccc3c4c(-c5cccc(-c6nc(-c7ccccc7)nc(-n7c8ccccc8c8ccc(-c9ccc(-c%10ccc%11c%12ccccc%12n(-c%12ccccc%12)c%11c%10)cc9)cc87)n6)c5)cccc4n(-c4cccc(-c5nc(-c6ccccc6)cc(-c6cccc7c6sc6ccccc67)n5)c4)c3c2)cc1.